The zero-order valence-electron chi connectivity index (χ0n) is 18.3. The highest BCUT2D eigenvalue weighted by atomic mass is 16.5. The third-order valence-electron chi connectivity index (χ3n) is 6.75. The van der Waals surface area contributed by atoms with Gasteiger partial charge in [0.05, 0.1) is 0 Å². The quantitative estimate of drug-likeness (QED) is 0.288. The van der Waals surface area contributed by atoms with Crippen molar-refractivity contribution in [2.24, 2.45) is 0 Å². The normalized spacial score (nSPS) is 13.6. The summed E-state index contributed by atoms with van der Waals surface area (Å²) < 4.78 is 6.23. The lowest BCUT2D eigenvalue weighted by molar-refractivity contribution is 0.488. The molecule has 0 aromatic heterocycles. The van der Waals surface area contributed by atoms with E-state index in [9.17, 15) is 0 Å². The van der Waals surface area contributed by atoms with Crippen LogP contribution in [0.2, 0.25) is 0 Å². The molecule has 0 N–H and O–H groups in total. The molecule has 32 heavy (non-hydrogen) atoms. The lowest BCUT2D eigenvalue weighted by atomic mass is 9.81. The molecule has 154 valence electrons. The summed E-state index contributed by atoms with van der Waals surface area (Å²) in [7, 11) is 0. The van der Waals surface area contributed by atoms with E-state index in [1.54, 1.807) is 0 Å². The van der Waals surface area contributed by atoms with Gasteiger partial charge in [-0.25, -0.2) is 0 Å². The molecule has 0 saturated heterocycles. The van der Waals surface area contributed by atoms with Gasteiger partial charge in [-0.1, -0.05) is 98.8 Å². The van der Waals surface area contributed by atoms with Crippen molar-refractivity contribution in [3.05, 3.63) is 120 Å². The molecule has 5 aromatic carbocycles. The third-order valence-corrected chi connectivity index (χ3v) is 6.75. The van der Waals surface area contributed by atoms with E-state index >= 15 is 0 Å². The van der Waals surface area contributed by atoms with Gasteiger partial charge in [0.1, 0.15) is 11.5 Å². The second-order valence-corrected chi connectivity index (χ2v) is 9.00. The molecule has 1 aliphatic carbocycles. The summed E-state index contributed by atoms with van der Waals surface area (Å²) in [5, 5.41) is 2.33. The zero-order chi connectivity index (χ0) is 21.7. The van der Waals surface area contributed by atoms with Gasteiger partial charge in [-0.3, -0.25) is 0 Å². The summed E-state index contributed by atoms with van der Waals surface area (Å²) in [6, 6.07) is 38.5. The third kappa shape index (κ3) is 2.85. The molecule has 0 aliphatic heterocycles. The predicted molar refractivity (Wildman–Crippen MR) is 133 cm³/mol. The van der Waals surface area contributed by atoms with E-state index in [0.717, 1.165) is 16.9 Å². The summed E-state index contributed by atoms with van der Waals surface area (Å²) in [5.41, 5.74) is 7.98. The zero-order valence-corrected chi connectivity index (χ0v) is 18.3. The Bertz CT molecular complexity index is 1460. The monoisotopic (exact) mass is 412 g/mol. The summed E-state index contributed by atoms with van der Waals surface area (Å²) >= 11 is 0. The average Bonchev–Trinajstić information content (AvgIpc) is 3.07. The molecule has 0 fully saturated rings. The van der Waals surface area contributed by atoms with Crippen LogP contribution in [0.3, 0.4) is 0 Å². The minimum absolute atomic E-state index is 0.00585. The van der Waals surface area contributed by atoms with Crippen LogP contribution in [0.25, 0.3) is 33.0 Å². The van der Waals surface area contributed by atoms with Crippen LogP contribution in [0, 0.1) is 0 Å². The van der Waals surface area contributed by atoms with Gasteiger partial charge in [0.25, 0.3) is 0 Å². The van der Waals surface area contributed by atoms with Crippen LogP contribution in [-0.2, 0) is 5.41 Å². The van der Waals surface area contributed by atoms with E-state index in [1.807, 2.05) is 30.3 Å². The standard InChI is InChI=1S/C31H24O/c1-31(2)28-15-9-8-13-25(28)26-17-16-21(20-29(26)31)23-18-19-30(27-14-7-6-12-24(23)27)32-22-10-4-3-5-11-22/h3-20H,1-2H3. The second-order valence-electron chi connectivity index (χ2n) is 9.00. The Labute approximate surface area is 188 Å². The fraction of sp³-hybridized carbons (Fsp3) is 0.0968. The van der Waals surface area contributed by atoms with Crippen molar-refractivity contribution in [1.82, 2.24) is 0 Å². The maximum atomic E-state index is 6.23. The van der Waals surface area contributed by atoms with Crippen molar-refractivity contribution in [2.75, 3.05) is 0 Å². The minimum atomic E-state index is -0.00585. The Balaban J connectivity index is 1.49. The molecule has 6 rings (SSSR count). The maximum absolute atomic E-state index is 6.23. The van der Waals surface area contributed by atoms with Crippen molar-refractivity contribution in [3.8, 4) is 33.8 Å². The summed E-state index contributed by atoms with van der Waals surface area (Å²) in [6.45, 7) is 4.66. The summed E-state index contributed by atoms with van der Waals surface area (Å²) in [4.78, 5) is 0. The van der Waals surface area contributed by atoms with Crippen LogP contribution >= 0.6 is 0 Å². The lowest BCUT2D eigenvalue weighted by Crippen LogP contribution is -2.14. The molecule has 1 aliphatic rings. The van der Waals surface area contributed by atoms with E-state index in [2.05, 4.69) is 92.7 Å². The van der Waals surface area contributed by atoms with E-state index in [-0.39, 0.29) is 5.41 Å². The van der Waals surface area contributed by atoms with Crippen molar-refractivity contribution < 1.29 is 4.74 Å². The number of benzene rings is 5. The largest absolute Gasteiger partial charge is 0.457 e. The Morgan fingerprint density at radius 1 is 0.531 bits per heavy atom. The Kier molecular flexibility index (Phi) is 4.19. The van der Waals surface area contributed by atoms with Crippen LogP contribution in [-0.4, -0.2) is 0 Å². The molecule has 5 aromatic rings. The number of para-hydroxylation sites is 1. The van der Waals surface area contributed by atoms with Crippen LogP contribution in [0.15, 0.2) is 109 Å². The fourth-order valence-electron chi connectivity index (χ4n) is 5.10. The van der Waals surface area contributed by atoms with Crippen molar-refractivity contribution in [1.29, 1.82) is 0 Å². The molecular weight excluding hydrogens is 388 g/mol. The van der Waals surface area contributed by atoms with Gasteiger partial charge in [0, 0.05) is 10.8 Å². The molecular formula is C31H24O. The Morgan fingerprint density at radius 2 is 1.19 bits per heavy atom. The topological polar surface area (TPSA) is 9.23 Å². The molecule has 0 atom stereocenters. The Hall–Kier alpha value is -3.84. The molecule has 1 heteroatoms. The first-order valence-corrected chi connectivity index (χ1v) is 11.1. The molecule has 0 radical (unpaired) electrons. The fourth-order valence-corrected chi connectivity index (χ4v) is 5.10. The van der Waals surface area contributed by atoms with Crippen LogP contribution < -0.4 is 4.74 Å². The first-order valence-electron chi connectivity index (χ1n) is 11.1. The number of rotatable bonds is 3. The predicted octanol–water partition coefficient (Wildman–Crippen LogP) is 8.61. The van der Waals surface area contributed by atoms with Gasteiger partial charge < -0.3 is 4.74 Å². The molecule has 0 amide bonds. The summed E-state index contributed by atoms with van der Waals surface area (Å²) in [5.74, 6) is 1.73. The maximum Gasteiger partial charge on any atom is 0.135 e. The highest BCUT2D eigenvalue weighted by molar-refractivity contribution is 6.01. The summed E-state index contributed by atoms with van der Waals surface area (Å²) in [6.07, 6.45) is 0. The number of hydrogen-bond acceptors (Lipinski definition) is 1. The molecule has 0 saturated carbocycles. The highest BCUT2D eigenvalue weighted by Crippen LogP contribution is 2.50. The van der Waals surface area contributed by atoms with Gasteiger partial charge in [-0.2, -0.15) is 0 Å². The SMILES string of the molecule is CC1(C)c2ccccc2-c2ccc(-c3ccc(Oc4ccccc4)c4ccccc34)cc21. The second kappa shape index (κ2) is 7.10. The van der Waals surface area contributed by atoms with Gasteiger partial charge in [-0.15, -0.1) is 0 Å². The van der Waals surface area contributed by atoms with Gasteiger partial charge in [-0.05, 0) is 63.0 Å². The van der Waals surface area contributed by atoms with E-state index in [0.29, 0.717) is 0 Å². The van der Waals surface area contributed by atoms with Crippen LogP contribution in [0.1, 0.15) is 25.0 Å². The smallest absolute Gasteiger partial charge is 0.135 e. The Morgan fingerprint density at radius 3 is 2.03 bits per heavy atom. The first-order chi connectivity index (χ1) is 15.6. The lowest BCUT2D eigenvalue weighted by Gasteiger charge is -2.22. The first kappa shape index (κ1) is 18.9. The van der Waals surface area contributed by atoms with E-state index < -0.39 is 0 Å². The average molecular weight is 413 g/mol. The van der Waals surface area contributed by atoms with Crippen LogP contribution in [0.5, 0.6) is 11.5 Å². The number of hydrogen-bond donors (Lipinski definition) is 0. The molecule has 0 unspecified atom stereocenters. The molecule has 0 heterocycles. The minimum Gasteiger partial charge on any atom is -0.457 e. The van der Waals surface area contributed by atoms with Gasteiger partial charge in [0.2, 0.25) is 0 Å². The van der Waals surface area contributed by atoms with Crippen molar-refractivity contribution in [2.45, 2.75) is 19.3 Å². The number of ether oxygens (including phenoxy) is 1. The number of fused-ring (bicyclic) bond motifs is 4. The molecule has 1 nitrogen and oxygen atoms in total. The van der Waals surface area contributed by atoms with Crippen molar-refractivity contribution in [3.63, 3.8) is 0 Å². The van der Waals surface area contributed by atoms with Crippen molar-refractivity contribution >= 4 is 10.8 Å². The molecule has 0 spiro atoms. The van der Waals surface area contributed by atoms with Gasteiger partial charge in [0.15, 0.2) is 0 Å². The van der Waals surface area contributed by atoms with Gasteiger partial charge >= 0.3 is 0 Å². The van der Waals surface area contributed by atoms with E-state index in [4.69, 9.17) is 4.74 Å². The van der Waals surface area contributed by atoms with E-state index in [1.165, 1.54) is 38.8 Å². The highest BCUT2D eigenvalue weighted by Gasteiger charge is 2.35. The van der Waals surface area contributed by atoms with Crippen LogP contribution in [0.4, 0.5) is 0 Å². The molecule has 0 bridgehead atoms.